The molecule has 0 radical (unpaired) electrons. The molecule has 154 valence electrons. The maximum atomic E-state index is 13.4. The minimum Gasteiger partial charge on any atom is -0.258 e. The minimum absolute atomic E-state index is 0.0878. The third-order valence-electron chi connectivity index (χ3n) is 3.84. The van der Waals surface area contributed by atoms with Crippen molar-refractivity contribution >= 4 is 11.0 Å². The van der Waals surface area contributed by atoms with Gasteiger partial charge in [0.1, 0.15) is 21.8 Å². The number of alkyl halides is 6. The Hall–Kier alpha value is -1.94. The van der Waals surface area contributed by atoms with Gasteiger partial charge in [-0.15, -0.1) is 4.72 Å². The molecule has 0 aliphatic heterocycles. The second-order valence-electron chi connectivity index (χ2n) is 7.08. The second kappa shape index (κ2) is 7.82. The highest BCUT2D eigenvalue weighted by Crippen LogP contribution is 2.37. The molecule has 0 saturated heterocycles. The molecule has 0 aliphatic rings. The first-order valence-electron chi connectivity index (χ1n) is 8.14. The van der Waals surface area contributed by atoms with E-state index in [-0.39, 0.29) is 5.56 Å². The largest absolute Gasteiger partial charge is 0.418 e. The van der Waals surface area contributed by atoms with Gasteiger partial charge in [0.25, 0.3) is 0 Å². The molecule has 2 aromatic rings. The zero-order chi connectivity index (χ0) is 21.3. The van der Waals surface area contributed by atoms with Crippen LogP contribution in [0.1, 0.15) is 49.2 Å². The lowest BCUT2D eigenvalue weighted by atomic mass is 9.98. The van der Waals surface area contributed by atoms with Gasteiger partial charge in [0.2, 0.25) is 0 Å². The monoisotopic (exact) mass is 425 g/mol. The summed E-state index contributed by atoms with van der Waals surface area (Å²) in [5, 5.41) is 0. The van der Waals surface area contributed by atoms with E-state index >= 15 is 0 Å². The number of nitrogens with zero attached hydrogens (tertiary/aromatic N) is 1. The summed E-state index contributed by atoms with van der Waals surface area (Å²) in [5.41, 5.74) is -2.36. The van der Waals surface area contributed by atoms with E-state index in [2.05, 4.69) is 9.71 Å². The summed E-state index contributed by atoms with van der Waals surface area (Å²) in [5.74, 6) is 0. The number of pyridine rings is 1. The van der Waals surface area contributed by atoms with Gasteiger partial charge in [-0.05, 0) is 50.6 Å². The Balaban J connectivity index is 2.58. The van der Waals surface area contributed by atoms with Crippen LogP contribution in [0.5, 0.6) is 0 Å². The summed E-state index contributed by atoms with van der Waals surface area (Å²) < 4.78 is 93.1. The molecular formula is C18H19F6N2OS+. The van der Waals surface area contributed by atoms with Crippen LogP contribution >= 0.6 is 0 Å². The molecule has 1 heterocycles. The van der Waals surface area contributed by atoms with Gasteiger partial charge in [-0.2, -0.15) is 26.3 Å². The average molecular weight is 425 g/mol. The van der Waals surface area contributed by atoms with Gasteiger partial charge in [-0.3, -0.25) is 4.98 Å². The Bertz CT molecular complexity index is 841. The number of hydrogen-bond donors (Lipinski definition) is 1. The first kappa shape index (κ1) is 22.4. The number of halogens is 6. The predicted molar refractivity (Wildman–Crippen MR) is 94.9 cm³/mol. The molecule has 28 heavy (non-hydrogen) atoms. The van der Waals surface area contributed by atoms with Crippen LogP contribution in [0.4, 0.5) is 26.3 Å². The van der Waals surface area contributed by atoms with Gasteiger partial charge >= 0.3 is 12.4 Å². The Morgan fingerprint density at radius 2 is 1.50 bits per heavy atom. The van der Waals surface area contributed by atoms with Crippen molar-refractivity contribution in [2.45, 2.75) is 43.9 Å². The van der Waals surface area contributed by atoms with E-state index < -0.39 is 50.9 Å². The first-order chi connectivity index (χ1) is 12.7. The Labute approximate surface area is 160 Å². The molecule has 0 amide bonds. The van der Waals surface area contributed by atoms with E-state index in [1.807, 2.05) is 0 Å². The highest BCUT2D eigenvalue weighted by molar-refractivity contribution is 7.84. The maximum absolute atomic E-state index is 13.4. The summed E-state index contributed by atoms with van der Waals surface area (Å²) in [4.78, 5) is 3.79. The Kier molecular flexibility index (Phi) is 6.25. The lowest BCUT2D eigenvalue weighted by Crippen LogP contribution is -2.36. The molecule has 1 unspecified atom stereocenters. The molecule has 1 aromatic heterocycles. The van der Waals surface area contributed by atoms with Gasteiger partial charge < -0.3 is 0 Å². The quantitative estimate of drug-likeness (QED) is 0.415. The van der Waals surface area contributed by atoms with E-state index in [1.165, 1.54) is 0 Å². The molecule has 0 aliphatic carbocycles. The second-order valence-corrected chi connectivity index (χ2v) is 9.27. The van der Waals surface area contributed by atoms with E-state index in [9.17, 15) is 30.6 Å². The van der Waals surface area contributed by atoms with Crippen molar-refractivity contribution in [1.29, 1.82) is 0 Å². The predicted octanol–water partition coefficient (Wildman–Crippen LogP) is 5.21. The molecule has 0 saturated carbocycles. The number of rotatable bonds is 4. The van der Waals surface area contributed by atoms with Crippen molar-refractivity contribution < 1.29 is 30.6 Å². The van der Waals surface area contributed by atoms with Crippen molar-refractivity contribution in [3.8, 4) is 0 Å². The lowest BCUT2D eigenvalue weighted by molar-refractivity contribution is -0.139. The van der Waals surface area contributed by atoms with Crippen LogP contribution in [-0.2, 0) is 27.5 Å². The molecule has 0 fully saturated rings. The molecule has 0 spiro atoms. The average Bonchev–Trinajstić information content (AvgIpc) is 2.57. The standard InChI is InChI=1S/C18H18F6N2OS/c1-16(2,3)28(27)26-14(11-6-8-12(9-7-11)17(19,20)21)15-13(18(22,23)24)5-4-10-25-15/h4-10,14H,1-3H3,(H,26,27)/p+1/t14-,28?/m0/s1. The van der Waals surface area contributed by atoms with Crippen LogP contribution in [-0.4, -0.2) is 9.73 Å². The molecule has 10 heteroatoms. The summed E-state index contributed by atoms with van der Waals surface area (Å²) in [6.45, 7) is 4.89. The molecule has 2 rings (SSSR count). The van der Waals surface area contributed by atoms with Crippen LogP contribution < -0.4 is 4.72 Å². The number of thiol groups is 1. The SMILES string of the molecule is CC(C)(C)[SH+](=O)N[C@@H](c1ccc(C(F)(F)F)cc1)c1ncccc1C(F)(F)F. The van der Waals surface area contributed by atoms with Gasteiger partial charge in [-0.1, -0.05) is 16.3 Å². The Morgan fingerprint density at radius 3 is 1.96 bits per heavy atom. The van der Waals surface area contributed by atoms with Crippen LogP contribution in [0.15, 0.2) is 42.6 Å². The van der Waals surface area contributed by atoms with E-state index in [4.69, 9.17) is 0 Å². The van der Waals surface area contributed by atoms with E-state index in [0.717, 1.165) is 42.6 Å². The fraction of sp³-hybridized carbons (Fsp3) is 0.389. The van der Waals surface area contributed by atoms with Crippen LogP contribution in [0.3, 0.4) is 0 Å². The number of benzene rings is 1. The van der Waals surface area contributed by atoms with E-state index in [1.54, 1.807) is 20.8 Å². The molecule has 1 N–H and O–H groups in total. The molecular weight excluding hydrogens is 406 g/mol. The summed E-state index contributed by atoms with van der Waals surface area (Å²) in [6.07, 6.45) is -8.17. The normalized spacial score (nSPS) is 15.3. The molecule has 3 nitrogen and oxygen atoms in total. The van der Waals surface area contributed by atoms with E-state index in [0.29, 0.717) is 0 Å². The first-order valence-corrected chi connectivity index (χ1v) is 9.40. The number of hydrogen-bond acceptors (Lipinski definition) is 2. The summed E-state index contributed by atoms with van der Waals surface area (Å²) in [6, 6.07) is 4.28. The van der Waals surface area contributed by atoms with Crippen molar-refractivity contribution in [1.82, 2.24) is 9.71 Å². The summed E-state index contributed by atoms with van der Waals surface area (Å²) >= 11 is 0. The fourth-order valence-electron chi connectivity index (χ4n) is 2.36. The lowest BCUT2D eigenvalue weighted by Gasteiger charge is -2.22. The van der Waals surface area contributed by atoms with Crippen LogP contribution in [0.2, 0.25) is 0 Å². The molecule has 2 atom stereocenters. The van der Waals surface area contributed by atoms with Crippen molar-refractivity contribution in [2.24, 2.45) is 0 Å². The topological polar surface area (TPSA) is 42.0 Å². The third-order valence-corrected chi connectivity index (χ3v) is 5.56. The van der Waals surface area contributed by atoms with Crippen LogP contribution in [0.25, 0.3) is 0 Å². The third kappa shape index (κ3) is 5.32. The van der Waals surface area contributed by atoms with Gasteiger partial charge in [-0.25, -0.2) is 0 Å². The van der Waals surface area contributed by atoms with Gasteiger partial charge in [0.15, 0.2) is 0 Å². The highest BCUT2D eigenvalue weighted by atomic mass is 32.2. The molecule has 1 aromatic carbocycles. The number of aromatic nitrogens is 1. The van der Waals surface area contributed by atoms with Crippen molar-refractivity contribution in [3.05, 3.63) is 65.0 Å². The minimum atomic E-state index is -4.73. The Morgan fingerprint density at radius 1 is 0.929 bits per heavy atom. The fourth-order valence-corrected chi connectivity index (χ4v) is 3.25. The highest BCUT2D eigenvalue weighted by Gasteiger charge is 2.39. The summed E-state index contributed by atoms with van der Waals surface area (Å²) in [7, 11) is -2.22. The van der Waals surface area contributed by atoms with Crippen LogP contribution in [0, 0.1) is 0 Å². The van der Waals surface area contributed by atoms with Gasteiger partial charge in [0, 0.05) is 6.20 Å². The molecule has 0 bridgehead atoms. The van der Waals surface area contributed by atoms with Crippen molar-refractivity contribution in [2.75, 3.05) is 0 Å². The van der Waals surface area contributed by atoms with Gasteiger partial charge in [0.05, 0.1) is 16.8 Å². The maximum Gasteiger partial charge on any atom is 0.418 e. The van der Waals surface area contributed by atoms with Crippen molar-refractivity contribution in [3.63, 3.8) is 0 Å². The smallest absolute Gasteiger partial charge is 0.258 e. The zero-order valence-corrected chi connectivity index (χ0v) is 16.1. The number of nitrogens with one attached hydrogen (secondary N) is 1. The zero-order valence-electron chi connectivity index (χ0n) is 15.2.